The topological polar surface area (TPSA) is 87.5 Å². The molecule has 0 aliphatic heterocycles. The van der Waals surface area contributed by atoms with Gasteiger partial charge in [0.1, 0.15) is 5.75 Å². The number of carbonyl (C=O) groups excluding carboxylic acids is 1. The Morgan fingerprint density at radius 3 is 2.68 bits per heavy atom. The Kier molecular flexibility index (Phi) is 7.18. The van der Waals surface area contributed by atoms with Crippen LogP contribution in [0.4, 0.5) is 0 Å². The maximum absolute atomic E-state index is 12.0. The van der Waals surface area contributed by atoms with Crippen molar-refractivity contribution >= 4 is 57.8 Å². The lowest BCUT2D eigenvalue weighted by Gasteiger charge is -2.04. The van der Waals surface area contributed by atoms with Crippen molar-refractivity contribution in [2.24, 2.45) is 5.10 Å². The molecule has 0 saturated heterocycles. The summed E-state index contributed by atoms with van der Waals surface area (Å²) in [6.07, 6.45) is 1.48. The van der Waals surface area contributed by atoms with Gasteiger partial charge in [-0.05, 0) is 34.0 Å². The van der Waals surface area contributed by atoms with E-state index in [1.807, 2.05) is 6.07 Å². The number of aromatic nitrogens is 2. The van der Waals surface area contributed by atoms with Gasteiger partial charge in [0.25, 0.3) is 5.91 Å². The summed E-state index contributed by atoms with van der Waals surface area (Å²) in [7, 11) is 0. The molecule has 2 N–H and O–H groups in total. The maximum Gasteiger partial charge on any atom is 0.250 e. The minimum absolute atomic E-state index is 0.149. The molecule has 0 bridgehead atoms. The Hall–Kier alpha value is -2.88. The van der Waals surface area contributed by atoms with Crippen LogP contribution >= 0.6 is 34.9 Å². The first-order chi connectivity index (χ1) is 15.2. The van der Waals surface area contributed by atoms with Gasteiger partial charge in [-0.15, -0.1) is 10.2 Å². The predicted molar refractivity (Wildman–Crippen MR) is 128 cm³/mol. The second-order valence-electron chi connectivity index (χ2n) is 6.44. The SMILES string of the molecule is O=C(CSc1nnc(SCc2cccc3ccccc23)s1)N/N=C/c1cccc(O)c1. The largest absolute Gasteiger partial charge is 0.508 e. The molecular weight excluding hydrogens is 448 g/mol. The van der Waals surface area contributed by atoms with E-state index in [1.165, 1.54) is 45.6 Å². The molecule has 31 heavy (non-hydrogen) atoms. The molecule has 9 heteroatoms. The Balaban J connectivity index is 1.25. The standard InChI is InChI=1S/C22H18N4O2S3/c27-18-9-3-5-15(11-18)12-23-24-20(28)14-30-22-26-25-21(31-22)29-13-17-8-4-7-16-6-1-2-10-19(16)17/h1-12,27H,13-14H2,(H,24,28)/b23-12+. The fourth-order valence-corrected chi connectivity index (χ4v) is 5.63. The summed E-state index contributed by atoms with van der Waals surface area (Å²) in [5, 5.41) is 24.2. The van der Waals surface area contributed by atoms with E-state index in [1.54, 1.807) is 36.0 Å². The van der Waals surface area contributed by atoms with E-state index in [0.717, 1.165) is 14.4 Å². The van der Waals surface area contributed by atoms with Crippen LogP contribution in [0.2, 0.25) is 0 Å². The molecule has 0 atom stereocenters. The van der Waals surface area contributed by atoms with E-state index in [-0.39, 0.29) is 17.4 Å². The highest BCUT2D eigenvalue weighted by atomic mass is 32.2. The number of nitrogens with zero attached hydrogens (tertiary/aromatic N) is 3. The third-order valence-electron chi connectivity index (χ3n) is 4.22. The highest BCUT2D eigenvalue weighted by Gasteiger charge is 2.09. The molecule has 4 aromatic rings. The minimum Gasteiger partial charge on any atom is -0.508 e. The molecule has 1 heterocycles. The van der Waals surface area contributed by atoms with Crippen molar-refractivity contribution in [3.05, 3.63) is 77.9 Å². The van der Waals surface area contributed by atoms with E-state index in [0.29, 0.717) is 5.56 Å². The maximum atomic E-state index is 12.0. The van der Waals surface area contributed by atoms with Crippen LogP contribution in [0.5, 0.6) is 5.75 Å². The van der Waals surface area contributed by atoms with Crippen LogP contribution < -0.4 is 5.43 Å². The highest BCUT2D eigenvalue weighted by molar-refractivity contribution is 8.03. The van der Waals surface area contributed by atoms with Gasteiger partial charge in [-0.1, -0.05) is 89.5 Å². The summed E-state index contributed by atoms with van der Waals surface area (Å²) in [5.74, 6) is 0.919. The van der Waals surface area contributed by atoms with E-state index in [2.05, 4.69) is 57.1 Å². The molecule has 156 valence electrons. The van der Waals surface area contributed by atoms with Crippen molar-refractivity contribution in [1.29, 1.82) is 0 Å². The van der Waals surface area contributed by atoms with E-state index in [9.17, 15) is 9.90 Å². The van der Waals surface area contributed by atoms with Gasteiger partial charge in [0.2, 0.25) is 0 Å². The van der Waals surface area contributed by atoms with Crippen LogP contribution in [0.1, 0.15) is 11.1 Å². The molecule has 0 fully saturated rings. The smallest absolute Gasteiger partial charge is 0.250 e. The molecular formula is C22H18N4O2S3. The molecule has 0 radical (unpaired) electrons. The van der Waals surface area contributed by atoms with Crippen LogP contribution in [0, 0.1) is 0 Å². The summed E-state index contributed by atoms with van der Waals surface area (Å²) in [6, 6.07) is 21.3. The van der Waals surface area contributed by atoms with Gasteiger partial charge in [0.05, 0.1) is 12.0 Å². The second kappa shape index (κ2) is 10.4. The molecule has 0 aliphatic carbocycles. The minimum atomic E-state index is -0.235. The molecule has 3 aromatic carbocycles. The Labute approximate surface area is 191 Å². The first kappa shape index (κ1) is 21.4. The fraction of sp³-hybridized carbons (Fsp3) is 0.0909. The number of thioether (sulfide) groups is 2. The summed E-state index contributed by atoms with van der Waals surface area (Å²) in [4.78, 5) is 12.0. The molecule has 4 rings (SSSR count). The average Bonchev–Trinajstić information content (AvgIpc) is 3.24. The quantitative estimate of drug-likeness (QED) is 0.217. The number of hydrogen-bond donors (Lipinski definition) is 2. The number of phenolic OH excluding ortho intramolecular Hbond substituents is 1. The first-order valence-electron chi connectivity index (χ1n) is 9.34. The molecule has 1 aromatic heterocycles. The van der Waals surface area contributed by atoms with E-state index < -0.39 is 0 Å². The molecule has 0 aliphatic rings. The van der Waals surface area contributed by atoms with Crippen LogP contribution in [0.25, 0.3) is 10.8 Å². The van der Waals surface area contributed by atoms with Gasteiger partial charge in [-0.2, -0.15) is 5.10 Å². The molecule has 6 nitrogen and oxygen atoms in total. The summed E-state index contributed by atoms with van der Waals surface area (Å²) in [5.41, 5.74) is 4.43. The van der Waals surface area contributed by atoms with Crippen LogP contribution in [0.3, 0.4) is 0 Å². The van der Waals surface area contributed by atoms with E-state index in [4.69, 9.17) is 0 Å². The van der Waals surface area contributed by atoms with Gasteiger partial charge in [0, 0.05) is 5.75 Å². The Morgan fingerprint density at radius 1 is 1.03 bits per heavy atom. The van der Waals surface area contributed by atoms with Gasteiger partial charge < -0.3 is 5.11 Å². The third-order valence-corrected chi connectivity index (χ3v) is 7.46. The molecule has 0 spiro atoms. The second-order valence-corrected chi connectivity index (χ2v) is 9.86. The lowest BCUT2D eigenvalue weighted by atomic mass is 10.1. The van der Waals surface area contributed by atoms with Gasteiger partial charge >= 0.3 is 0 Å². The van der Waals surface area contributed by atoms with Crippen LogP contribution in [0.15, 0.2) is 80.5 Å². The summed E-state index contributed by atoms with van der Waals surface area (Å²) in [6.45, 7) is 0. The molecule has 0 unspecified atom stereocenters. The highest BCUT2D eigenvalue weighted by Crippen LogP contribution is 2.32. The number of carbonyl (C=O) groups is 1. The van der Waals surface area contributed by atoms with Gasteiger partial charge in [0.15, 0.2) is 8.68 Å². The number of nitrogens with one attached hydrogen (secondary N) is 1. The zero-order valence-corrected chi connectivity index (χ0v) is 18.7. The lowest BCUT2D eigenvalue weighted by Crippen LogP contribution is -2.19. The average molecular weight is 467 g/mol. The van der Waals surface area contributed by atoms with Gasteiger partial charge in [-0.3, -0.25) is 4.79 Å². The van der Waals surface area contributed by atoms with Crippen molar-refractivity contribution in [3.8, 4) is 5.75 Å². The van der Waals surface area contributed by atoms with Gasteiger partial charge in [-0.25, -0.2) is 5.43 Å². The Bertz CT molecular complexity index is 1220. The van der Waals surface area contributed by atoms with Crippen molar-refractivity contribution in [3.63, 3.8) is 0 Å². The molecule has 0 saturated carbocycles. The zero-order valence-electron chi connectivity index (χ0n) is 16.3. The normalized spacial score (nSPS) is 11.2. The number of benzene rings is 3. The number of rotatable bonds is 8. The number of amides is 1. The monoisotopic (exact) mass is 466 g/mol. The van der Waals surface area contributed by atoms with Crippen LogP contribution in [-0.4, -0.2) is 33.2 Å². The van der Waals surface area contributed by atoms with Crippen molar-refractivity contribution < 1.29 is 9.90 Å². The number of aromatic hydroxyl groups is 1. The van der Waals surface area contributed by atoms with Crippen LogP contribution in [-0.2, 0) is 10.5 Å². The number of fused-ring (bicyclic) bond motifs is 1. The van der Waals surface area contributed by atoms with Crippen molar-refractivity contribution in [1.82, 2.24) is 15.6 Å². The van der Waals surface area contributed by atoms with E-state index >= 15 is 0 Å². The summed E-state index contributed by atoms with van der Waals surface area (Å²) < 4.78 is 1.62. The van der Waals surface area contributed by atoms with Crippen molar-refractivity contribution in [2.45, 2.75) is 14.4 Å². The summed E-state index contributed by atoms with van der Waals surface area (Å²) >= 11 is 4.45. The lowest BCUT2D eigenvalue weighted by molar-refractivity contribution is -0.118. The molecule has 1 amide bonds. The number of hydrogen-bond acceptors (Lipinski definition) is 8. The zero-order chi connectivity index (χ0) is 21.5. The first-order valence-corrected chi connectivity index (χ1v) is 12.1. The number of phenols is 1. The van der Waals surface area contributed by atoms with Crippen molar-refractivity contribution in [2.75, 3.05) is 5.75 Å². The predicted octanol–water partition coefficient (Wildman–Crippen LogP) is 4.93. The fourth-order valence-electron chi connectivity index (χ4n) is 2.82. The Morgan fingerprint density at radius 2 is 1.81 bits per heavy atom. The third kappa shape index (κ3) is 6.06. The number of hydrazone groups is 1.